The van der Waals surface area contributed by atoms with Crippen molar-refractivity contribution >= 4 is 73.1 Å². The Kier molecular flexibility index (Phi) is 5.74. The molecule has 1 heterocycles. The van der Waals surface area contributed by atoms with Crippen molar-refractivity contribution in [2.75, 3.05) is 10.7 Å². The number of nitrogens with one attached hydrogen (secondary N) is 2. The lowest BCUT2D eigenvalue weighted by Crippen LogP contribution is -2.30. The molecule has 0 saturated heterocycles. The van der Waals surface area contributed by atoms with E-state index in [1.54, 1.807) is 37.3 Å². The normalized spacial score (nSPS) is 12.0. The Morgan fingerprint density at radius 2 is 2.00 bits per heavy atom. The van der Waals surface area contributed by atoms with Crippen molar-refractivity contribution in [3.8, 4) is 5.75 Å². The number of halogens is 3. The first kappa shape index (κ1) is 19.0. The zero-order chi connectivity index (χ0) is 18.8. The van der Waals surface area contributed by atoms with Gasteiger partial charge in [0.05, 0.1) is 14.7 Å². The van der Waals surface area contributed by atoms with Crippen molar-refractivity contribution in [1.29, 1.82) is 0 Å². The summed E-state index contributed by atoms with van der Waals surface area (Å²) in [6.07, 6.45) is -0.786. The Morgan fingerprint density at radius 3 is 2.69 bits per heavy atom. The maximum absolute atomic E-state index is 12.4. The minimum atomic E-state index is -0.786. The zero-order valence-electron chi connectivity index (χ0n) is 13.3. The van der Waals surface area contributed by atoms with Crippen molar-refractivity contribution in [2.24, 2.45) is 5.84 Å². The van der Waals surface area contributed by atoms with E-state index >= 15 is 0 Å². The number of anilines is 2. The second-order valence-corrected chi connectivity index (χ2v) is 7.57. The molecule has 0 fully saturated rings. The van der Waals surface area contributed by atoms with Gasteiger partial charge in [-0.3, -0.25) is 10.2 Å². The van der Waals surface area contributed by atoms with Crippen LogP contribution in [0.15, 0.2) is 30.3 Å². The van der Waals surface area contributed by atoms with E-state index < -0.39 is 6.10 Å². The number of hydrogen-bond donors (Lipinski definition) is 3. The summed E-state index contributed by atoms with van der Waals surface area (Å²) in [5.41, 5.74) is 3.61. The number of fused-ring (bicyclic) bond motifs is 1. The van der Waals surface area contributed by atoms with Gasteiger partial charge in [-0.05, 0) is 37.3 Å². The predicted octanol–water partition coefficient (Wildman–Crippen LogP) is 4.95. The molecular weight excluding hydrogens is 419 g/mol. The van der Waals surface area contributed by atoms with Gasteiger partial charge in [0, 0.05) is 10.7 Å². The zero-order valence-corrected chi connectivity index (χ0v) is 16.4. The highest BCUT2D eigenvalue weighted by atomic mass is 35.5. The van der Waals surface area contributed by atoms with Crippen LogP contribution in [-0.2, 0) is 4.79 Å². The monoisotopic (exact) mass is 430 g/mol. The molecule has 0 bridgehead atoms. The highest BCUT2D eigenvalue weighted by Crippen LogP contribution is 2.34. The molecule has 0 aliphatic rings. The van der Waals surface area contributed by atoms with Gasteiger partial charge in [0.2, 0.25) is 0 Å². The highest BCUT2D eigenvalue weighted by Gasteiger charge is 2.18. The van der Waals surface area contributed by atoms with Gasteiger partial charge in [0.25, 0.3) is 5.91 Å². The van der Waals surface area contributed by atoms with Gasteiger partial charge in [0.1, 0.15) is 11.3 Å². The highest BCUT2D eigenvalue weighted by molar-refractivity contribution is 7.22. The van der Waals surface area contributed by atoms with E-state index in [2.05, 4.69) is 15.7 Å². The van der Waals surface area contributed by atoms with Crippen LogP contribution < -0.4 is 21.3 Å². The fraction of sp³-hybridized carbons (Fsp3) is 0.125. The Balaban J connectivity index is 1.75. The second kappa shape index (κ2) is 7.85. The van der Waals surface area contributed by atoms with Gasteiger partial charge < -0.3 is 10.1 Å². The van der Waals surface area contributed by atoms with E-state index in [-0.39, 0.29) is 5.91 Å². The number of benzene rings is 2. The Labute approximate surface area is 168 Å². The first-order chi connectivity index (χ1) is 12.4. The third-order valence-corrected chi connectivity index (χ3v) is 5.16. The van der Waals surface area contributed by atoms with Crippen LogP contribution in [-0.4, -0.2) is 17.0 Å². The van der Waals surface area contributed by atoms with Crippen molar-refractivity contribution < 1.29 is 9.53 Å². The number of rotatable bonds is 5. The molecule has 0 saturated carbocycles. The predicted molar refractivity (Wildman–Crippen MR) is 108 cm³/mol. The van der Waals surface area contributed by atoms with Gasteiger partial charge in [-0.15, -0.1) is 0 Å². The summed E-state index contributed by atoms with van der Waals surface area (Å²) in [6.45, 7) is 1.61. The Hall–Kier alpha value is -1.77. The van der Waals surface area contributed by atoms with E-state index in [1.165, 1.54) is 11.3 Å². The summed E-state index contributed by atoms with van der Waals surface area (Å²) in [4.78, 5) is 16.7. The molecule has 1 aromatic heterocycles. The topological polar surface area (TPSA) is 89.3 Å². The fourth-order valence-corrected chi connectivity index (χ4v) is 3.79. The van der Waals surface area contributed by atoms with Crippen molar-refractivity contribution in [3.05, 3.63) is 45.4 Å². The number of carbonyl (C=O) groups is 1. The number of aromatic nitrogens is 1. The quantitative estimate of drug-likeness (QED) is 0.393. The summed E-state index contributed by atoms with van der Waals surface area (Å²) >= 11 is 19.5. The Morgan fingerprint density at radius 1 is 1.23 bits per heavy atom. The first-order valence-electron chi connectivity index (χ1n) is 7.36. The van der Waals surface area contributed by atoms with E-state index in [1.807, 2.05) is 0 Å². The lowest BCUT2D eigenvalue weighted by Gasteiger charge is -2.16. The number of carbonyl (C=O) groups excluding carboxylic acids is 1. The molecule has 10 heteroatoms. The van der Waals surface area contributed by atoms with Crippen LogP contribution in [0.1, 0.15) is 6.92 Å². The summed E-state index contributed by atoms with van der Waals surface area (Å²) in [6, 6.07) is 8.16. The molecule has 4 N–H and O–H groups in total. The van der Waals surface area contributed by atoms with Crippen LogP contribution >= 0.6 is 46.1 Å². The van der Waals surface area contributed by atoms with Crippen LogP contribution in [0.25, 0.3) is 10.2 Å². The van der Waals surface area contributed by atoms with Crippen LogP contribution in [0, 0.1) is 0 Å². The molecule has 0 radical (unpaired) electrons. The number of nitrogens with zero attached hydrogens (tertiary/aromatic N) is 1. The van der Waals surface area contributed by atoms with Crippen LogP contribution in [0.5, 0.6) is 5.75 Å². The van der Waals surface area contributed by atoms with E-state index in [4.69, 9.17) is 45.4 Å². The molecule has 0 aliphatic heterocycles. The smallest absolute Gasteiger partial charge is 0.265 e. The fourth-order valence-electron chi connectivity index (χ4n) is 2.18. The van der Waals surface area contributed by atoms with Crippen molar-refractivity contribution in [3.63, 3.8) is 0 Å². The third-order valence-electron chi connectivity index (χ3n) is 3.41. The first-order valence-corrected chi connectivity index (χ1v) is 9.31. The van der Waals surface area contributed by atoms with E-state index in [0.29, 0.717) is 37.2 Å². The standard InChI is InChI=1S/C16H13Cl3N4O2S/c1-7(25-12-3-2-8(17)4-10(12)18)15(24)21-9-5-11(19)14-13(6-9)26-16(22-14)23-20/h2-7H,20H2,1H3,(H,21,24)(H,22,23). The maximum atomic E-state index is 12.4. The summed E-state index contributed by atoms with van der Waals surface area (Å²) in [7, 11) is 0. The number of hydrogen-bond acceptors (Lipinski definition) is 6. The number of amides is 1. The molecule has 0 spiro atoms. The van der Waals surface area contributed by atoms with Crippen molar-refractivity contribution in [2.45, 2.75) is 13.0 Å². The largest absolute Gasteiger partial charge is 0.479 e. The van der Waals surface area contributed by atoms with E-state index in [9.17, 15) is 4.79 Å². The molecule has 3 aromatic rings. The summed E-state index contributed by atoms with van der Waals surface area (Å²) < 4.78 is 6.39. The molecule has 6 nitrogen and oxygen atoms in total. The number of ether oxygens (including phenoxy) is 1. The molecular formula is C16H13Cl3N4O2S. The average Bonchev–Trinajstić information content (AvgIpc) is 3.01. The minimum Gasteiger partial charge on any atom is -0.479 e. The lowest BCUT2D eigenvalue weighted by atomic mass is 10.2. The van der Waals surface area contributed by atoms with Gasteiger partial charge in [-0.1, -0.05) is 46.1 Å². The molecule has 26 heavy (non-hydrogen) atoms. The number of hydrazine groups is 1. The number of thiazole rings is 1. The van der Waals surface area contributed by atoms with Crippen molar-refractivity contribution in [1.82, 2.24) is 4.98 Å². The summed E-state index contributed by atoms with van der Waals surface area (Å²) in [5.74, 6) is 5.38. The molecule has 2 aromatic carbocycles. The van der Waals surface area contributed by atoms with E-state index in [0.717, 1.165) is 4.70 Å². The third kappa shape index (κ3) is 4.13. The lowest BCUT2D eigenvalue weighted by molar-refractivity contribution is -0.122. The van der Waals surface area contributed by atoms with Gasteiger partial charge in [0.15, 0.2) is 11.2 Å². The Bertz CT molecular complexity index is 980. The molecule has 136 valence electrons. The minimum absolute atomic E-state index is 0.327. The maximum Gasteiger partial charge on any atom is 0.265 e. The molecule has 0 aliphatic carbocycles. The molecule has 1 unspecified atom stereocenters. The van der Waals surface area contributed by atoms with Gasteiger partial charge in [-0.25, -0.2) is 10.8 Å². The van der Waals surface area contributed by atoms with Crippen LogP contribution in [0.4, 0.5) is 10.8 Å². The average molecular weight is 432 g/mol. The van der Waals surface area contributed by atoms with Gasteiger partial charge >= 0.3 is 0 Å². The van der Waals surface area contributed by atoms with Crippen LogP contribution in [0.2, 0.25) is 15.1 Å². The molecule has 1 amide bonds. The summed E-state index contributed by atoms with van der Waals surface area (Å²) in [5, 5.41) is 4.51. The second-order valence-electron chi connectivity index (χ2n) is 5.29. The molecule has 3 rings (SSSR count). The van der Waals surface area contributed by atoms with Gasteiger partial charge in [-0.2, -0.15) is 0 Å². The number of nitrogens with two attached hydrogens (primary N) is 1. The molecule has 1 atom stereocenters. The SMILES string of the molecule is CC(Oc1ccc(Cl)cc1Cl)C(=O)Nc1cc(Cl)c2nc(NN)sc2c1. The number of nitrogen functional groups attached to an aromatic ring is 1. The van der Waals surface area contributed by atoms with Crippen LogP contribution in [0.3, 0.4) is 0 Å².